The van der Waals surface area contributed by atoms with Gasteiger partial charge >= 0.3 is 6.09 Å². The molecule has 1 unspecified atom stereocenters. The third-order valence-electron chi connectivity index (χ3n) is 3.99. The lowest BCUT2D eigenvalue weighted by Crippen LogP contribution is -2.44. The molecule has 2 heterocycles. The number of hydrogen-bond acceptors (Lipinski definition) is 3. The van der Waals surface area contributed by atoms with Gasteiger partial charge in [-0.3, -0.25) is 0 Å². The largest absolute Gasteiger partial charge is 0.444 e. The fourth-order valence-corrected chi connectivity index (χ4v) is 2.79. The van der Waals surface area contributed by atoms with E-state index in [-0.39, 0.29) is 11.7 Å². The van der Waals surface area contributed by atoms with E-state index in [0.717, 1.165) is 25.9 Å². The van der Waals surface area contributed by atoms with Crippen molar-refractivity contribution >= 4 is 6.09 Å². The van der Waals surface area contributed by atoms with Gasteiger partial charge in [0, 0.05) is 13.1 Å². The van der Waals surface area contributed by atoms with Gasteiger partial charge in [0.25, 0.3) is 0 Å². The SMILES string of the molecule is CCCCC1OC12CCN(C(=O)OC(C)(C)C)CC2. The molecule has 0 bridgehead atoms. The topological polar surface area (TPSA) is 42.1 Å². The number of ether oxygens (including phenoxy) is 2. The Hall–Kier alpha value is -0.770. The Morgan fingerprint density at radius 1 is 1.37 bits per heavy atom. The molecule has 1 amide bonds. The van der Waals surface area contributed by atoms with Crippen LogP contribution in [-0.2, 0) is 9.47 Å². The molecule has 0 aromatic rings. The van der Waals surface area contributed by atoms with E-state index < -0.39 is 5.60 Å². The van der Waals surface area contributed by atoms with Crippen molar-refractivity contribution in [3.05, 3.63) is 0 Å². The van der Waals surface area contributed by atoms with Crippen LogP contribution in [-0.4, -0.2) is 41.4 Å². The van der Waals surface area contributed by atoms with Gasteiger partial charge < -0.3 is 14.4 Å². The maximum absolute atomic E-state index is 12.0. The number of epoxide rings is 1. The Labute approximate surface area is 116 Å². The van der Waals surface area contributed by atoms with Gasteiger partial charge in [0.15, 0.2) is 0 Å². The van der Waals surface area contributed by atoms with Crippen molar-refractivity contribution in [2.45, 2.75) is 77.1 Å². The second kappa shape index (κ2) is 5.31. The molecular weight excluding hydrogens is 242 g/mol. The zero-order valence-corrected chi connectivity index (χ0v) is 12.7. The zero-order chi connectivity index (χ0) is 14.1. The van der Waals surface area contributed by atoms with Gasteiger partial charge in [0.1, 0.15) is 5.60 Å². The van der Waals surface area contributed by atoms with Crippen LogP contribution in [0.25, 0.3) is 0 Å². The normalized spacial score (nSPS) is 25.5. The summed E-state index contributed by atoms with van der Waals surface area (Å²) < 4.78 is 11.3. The minimum atomic E-state index is -0.411. The van der Waals surface area contributed by atoms with Crippen LogP contribution in [0, 0.1) is 0 Å². The Morgan fingerprint density at radius 2 is 2.00 bits per heavy atom. The van der Waals surface area contributed by atoms with E-state index in [0.29, 0.717) is 6.10 Å². The summed E-state index contributed by atoms with van der Waals surface area (Å²) in [7, 11) is 0. The summed E-state index contributed by atoms with van der Waals surface area (Å²) in [6.07, 6.45) is 5.80. The lowest BCUT2D eigenvalue weighted by molar-refractivity contribution is 0.0165. The summed E-state index contributed by atoms with van der Waals surface area (Å²) >= 11 is 0. The highest BCUT2D eigenvalue weighted by molar-refractivity contribution is 5.68. The monoisotopic (exact) mass is 269 g/mol. The van der Waals surface area contributed by atoms with E-state index in [2.05, 4.69) is 6.92 Å². The van der Waals surface area contributed by atoms with Crippen LogP contribution in [0.4, 0.5) is 4.79 Å². The number of carbonyl (C=O) groups is 1. The lowest BCUT2D eigenvalue weighted by atomic mass is 9.91. The van der Waals surface area contributed by atoms with Gasteiger partial charge in [-0.2, -0.15) is 0 Å². The molecule has 0 aromatic heterocycles. The van der Waals surface area contributed by atoms with Crippen LogP contribution >= 0.6 is 0 Å². The van der Waals surface area contributed by atoms with Gasteiger partial charge in [-0.05, 0) is 40.0 Å². The molecule has 0 aromatic carbocycles. The van der Waals surface area contributed by atoms with Crippen LogP contribution in [0.3, 0.4) is 0 Å². The average Bonchev–Trinajstić information content (AvgIpc) is 2.98. The van der Waals surface area contributed by atoms with E-state index in [4.69, 9.17) is 9.47 Å². The average molecular weight is 269 g/mol. The summed E-state index contributed by atoms with van der Waals surface area (Å²) in [6, 6.07) is 0. The second-order valence-corrected chi connectivity index (χ2v) is 6.78. The number of piperidine rings is 1. The van der Waals surface area contributed by atoms with E-state index in [1.807, 2.05) is 25.7 Å². The highest BCUT2D eigenvalue weighted by atomic mass is 16.6. The first kappa shape index (κ1) is 14.6. The fraction of sp³-hybridized carbons (Fsp3) is 0.933. The predicted molar refractivity (Wildman–Crippen MR) is 74.2 cm³/mol. The quantitative estimate of drug-likeness (QED) is 0.738. The molecule has 19 heavy (non-hydrogen) atoms. The van der Waals surface area contributed by atoms with Crippen LogP contribution in [0.2, 0.25) is 0 Å². The second-order valence-electron chi connectivity index (χ2n) is 6.78. The molecule has 4 nitrogen and oxygen atoms in total. The van der Waals surface area contributed by atoms with Crippen molar-refractivity contribution in [1.82, 2.24) is 4.90 Å². The smallest absolute Gasteiger partial charge is 0.410 e. The van der Waals surface area contributed by atoms with Crippen LogP contribution in [0.1, 0.15) is 59.8 Å². The summed E-state index contributed by atoms with van der Waals surface area (Å²) in [5.74, 6) is 0. The molecule has 1 spiro atoms. The summed E-state index contributed by atoms with van der Waals surface area (Å²) in [6.45, 7) is 9.44. The van der Waals surface area contributed by atoms with Crippen LogP contribution in [0.15, 0.2) is 0 Å². The number of carbonyl (C=O) groups excluding carboxylic acids is 1. The first-order valence-corrected chi connectivity index (χ1v) is 7.52. The minimum Gasteiger partial charge on any atom is -0.444 e. The van der Waals surface area contributed by atoms with Gasteiger partial charge in [-0.15, -0.1) is 0 Å². The number of rotatable bonds is 3. The molecule has 2 rings (SSSR count). The minimum absolute atomic E-state index is 0.0910. The van der Waals surface area contributed by atoms with Gasteiger partial charge in [0.2, 0.25) is 0 Å². The highest BCUT2D eigenvalue weighted by Gasteiger charge is 2.56. The Balaban J connectivity index is 1.76. The molecule has 2 aliphatic heterocycles. The van der Waals surface area contributed by atoms with Crippen molar-refractivity contribution in [1.29, 1.82) is 0 Å². The molecule has 4 heteroatoms. The predicted octanol–water partition coefficient (Wildman–Crippen LogP) is 3.35. The molecule has 2 saturated heterocycles. The number of unbranched alkanes of at least 4 members (excludes halogenated alkanes) is 1. The maximum Gasteiger partial charge on any atom is 0.410 e. The fourth-order valence-electron chi connectivity index (χ4n) is 2.79. The van der Waals surface area contributed by atoms with Crippen molar-refractivity contribution in [2.75, 3.05) is 13.1 Å². The standard InChI is InChI=1S/C15H27NO3/c1-5-6-7-12-15(18-12)8-10-16(11-9-15)13(17)19-14(2,3)4/h12H,5-11H2,1-4H3. The molecule has 1 atom stereocenters. The third-order valence-corrected chi connectivity index (χ3v) is 3.99. The lowest BCUT2D eigenvalue weighted by Gasteiger charge is -2.32. The number of likely N-dealkylation sites (tertiary alicyclic amines) is 1. The molecule has 110 valence electrons. The molecule has 0 N–H and O–H groups in total. The highest BCUT2D eigenvalue weighted by Crippen LogP contribution is 2.47. The molecular formula is C15H27NO3. The van der Waals surface area contributed by atoms with Crippen LogP contribution in [0.5, 0.6) is 0 Å². The van der Waals surface area contributed by atoms with E-state index in [1.165, 1.54) is 19.3 Å². The molecule has 2 fully saturated rings. The van der Waals surface area contributed by atoms with E-state index in [1.54, 1.807) is 0 Å². The molecule has 2 aliphatic rings. The van der Waals surface area contributed by atoms with Crippen molar-refractivity contribution < 1.29 is 14.3 Å². The number of nitrogens with zero attached hydrogens (tertiary/aromatic N) is 1. The van der Waals surface area contributed by atoms with E-state index in [9.17, 15) is 4.79 Å². The Morgan fingerprint density at radius 3 is 2.53 bits per heavy atom. The summed E-state index contributed by atoms with van der Waals surface area (Å²) in [5, 5.41) is 0. The first-order chi connectivity index (χ1) is 8.86. The molecule has 0 saturated carbocycles. The number of amides is 1. The third kappa shape index (κ3) is 3.62. The Kier molecular flexibility index (Phi) is 4.09. The van der Waals surface area contributed by atoms with Crippen molar-refractivity contribution in [3.8, 4) is 0 Å². The van der Waals surface area contributed by atoms with Gasteiger partial charge in [-0.1, -0.05) is 19.8 Å². The Bertz CT molecular complexity index is 327. The van der Waals surface area contributed by atoms with Gasteiger partial charge in [-0.25, -0.2) is 4.79 Å². The van der Waals surface area contributed by atoms with Gasteiger partial charge in [0.05, 0.1) is 11.7 Å². The first-order valence-electron chi connectivity index (χ1n) is 7.52. The van der Waals surface area contributed by atoms with Crippen LogP contribution < -0.4 is 0 Å². The number of hydrogen-bond donors (Lipinski definition) is 0. The molecule has 0 radical (unpaired) electrons. The van der Waals surface area contributed by atoms with Crippen molar-refractivity contribution in [3.63, 3.8) is 0 Å². The summed E-state index contributed by atoms with van der Waals surface area (Å²) in [4.78, 5) is 13.8. The molecule has 0 aliphatic carbocycles. The van der Waals surface area contributed by atoms with E-state index >= 15 is 0 Å². The maximum atomic E-state index is 12.0. The zero-order valence-electron chi connectivity index (χ0n) is 12.7. The summed E-state index contributed by atoms with van der Waals surface area (Å²) in [5.41, 5.74) is -0.320. The van der Waals surface area contributed by atoms with Crippen molar-refractivity contribution in [2.24, 2.45) is 0 Å².